The summed E-state index contributed by atoms with van der Waals surface area (Å²) in [5.74, 6) is -0.168. The molecule has 0 unspecified atom stereocenters. The Labute approximate surface area is 128 Å². The van der Waals surface area contributed by atoms with Crippen molar-refractivity contribution in [1.82, 2.24) is 4.90 Å². The maximum Gasteiger partial charge on any atom is 0.344 e. The van der Waals surface area contributed by atoms with Gasteiger partial charge in [0.05, 0.1) is 0 Å². The number of carbonyl (C=O) groups excluding carboxylic acids is 2. The molecular formula is C15H18ClNO4. The van der Waals surface area contributed by atoms with Crippen molar-refractivity contribution in [3.05, 3.63) is 28.8 Å². The Morgan fingerprint density at radius 1 is 1.24 bits per heavy atom. The van der Waals surface area contributed by atoms with Gasteiger partial charge in [-0.25, -0.2) is 4.79 Å². The number of rotatable bonds is 5. The van der Waals surface area contributed by atoms with Gasteiger partial charge in [0.1, 0.15) is 5.75 Å². The van der Waals surface area contributed by atoms with Gasteiger partial charge in [0.15, 0.2) is 13.2 Å². The number of aryl methyl sites for hydroxylation is 1. The number of nitrogens with zero attached hydrogens (tertiary/aromatic N) is 1. The highest BCUT2D eigenvalue weighted by atomic mass is 35.5. The van der Waals surface area contributed by atoms with Gasteiger partial charge in [-0.05, 0) is 43.5 Å². The van der Waals surface area contributed by atoms with E-state index in [0.29, 0.717) is 10.8 Å². The molecule has 1 aromatic carbocycles. The maximum atomic E-state index is 11.7. The summed E-state index contributed by atoms with van der Waals surface area (Å²) in [6, 6.07) is 5.12. The standard InChI is InChI=1S/C15H18ClNO4/c1-11-8-12(4-5-13(11)16)20-10-15(19)21-9-14(18)17-6-2-3-7-17/h4-5,8H,2-3,6-7,9-10H2,1H3. The average molecular weight is 312 g/mol. The summed E-state index contributed by atoms with van der Waals surface area (Å²) >= 11 is 5.90. The lowest BCUT2D eigenvalue weighted by atomic mass is 10.2. The Morgan fingerprint density at radius 2 is 1.95 bits per heavy atom. The molecule has 1 saturated heterocycles. The molecule has 0 bridgehead atoms. The monoisotopic (exact) mass is 311 g/mol. The first-order chi connectivity index (χ1) is 10.1. The van der Waals surface area contributed by atoms with Crippen LogP contribution >= 0.6 is 11.6 Å². The van der Waals surface area contributed by atoms with Crippen molar-refractivity contribution < 1.29 is 19.1 Å². The maximum absolute atomic E-state index is 11.7. The van der Waals surface area contributed by atoms with Crippen LogP contribution in [0.3, 0.4) is 0 Å². The van der Waals surface area contributed by atoms with E-state index in [4.69, 9.17) is 21.1 Å². The van der Waals surface area contributed by atoms with Crippen LogP contribution in [-0.2, 0) is 14.3 Å². The molecule has 1 aliphatic rings. The first-order valence-electron chi connectivity index (χ1n) is 6.88. The molecule has 1 fully saturated rings. The molecule has 0 atom stereocenters. The molecule has 1 heterocycles. The molecule has 21 heavy (non-hydrogen) atoms. The van der Waals surface area contributed by atoms with Gasteiger partial charge < -0.3 is 14.4 Å². The Morgan fingerprint density at radius 3 is 2.62 bits per heavy atom. The zero-order valence-corrected chi connectivity index (χ0v) is 12.7. The molecule has 0 aromatic heterocycles. The third-order valence-corrected chi connectivity index (χ3v) is 3.73. The van der Waals surface area contributed by atoms with E-state index < -0.39 is 5.97 Å². The number of ether oxygens (including phenoxy) is 2. The molecule has 0 radical (unpaired) electrons. The second kappa shape index (κ2) is 7.31. The number of benzene rings is 1. The quantitative estimate of drug-likeness (QED) is 0.782. The van der Waals surface area contributed by atoms with Crippen LogP contribution in [-0.4, -0.2) is 43.1 Å². The summed E-state index contributed by atoms with van der Waals surface area (Å²) in [4.78, 5) is 24.9. The molecular weight excluding hydrogens is 294 g/mol. The number of likely N-dealkylation sites (tertiary alicyclic amines) is 1. The van der Waals surface area contributed by atoms with Crippen molar-refractivity contribution >= 4 is 23.5 Å². The van der Waals surface area contributed by atoms with Crippen molar-refractivity contribution in [3.8, 4) is 5.75 Å². The van der Waals surface area contributed by atoms with E-state index in [1.54, 1.807) is 23.1 Å². The molecule has 6 heteroatoms. The third-order valence-electron chi connectivity index (χ3n) is 3.30. The van der Waals surface area contributed by atoms with E-state index in [2.05, 4.69) is 0 Å². The fourth-order valence-corrected chi connectivity index (χ4v) is 2.21. The Hall–Kier alpha value is -1.75. The Balaban J connectivity index is 1.71. The predicted molar refractivity (Wildman–Crippen MR) is 78.5 cm³/mol. The van der Waals surface area contributed by atoms with Crippen LogP contribution < -0.4 is 4.74 Å². The summed E-state index contributed by atoms with van der Waals surface area (Å²) in [7, 11) is 0. The van der Waals surface area contributed by atoms with Crippen LogP contribution in [0.1, 0.15) is 18.4 Å². The van der Waals surface area contributed by atoms with Gasteiger partial charge in [-0.3, -0.25) is 4.79 Å². The Bertz CT molecular complexity index is 526. The first kappa shape index (κ1) is 15.6. The molecule has 1 aromatic rings. The van der Waals surface area contributed by atoms with Gasteiger partial charge in [0.25, 0.3) is 5.91 Å². The summed E-state index contributed by atoms with van der Waals surface area (Å²) in [6.45, 7) is 2.90. The topological polar surface area (TPSA) is 55.8 Å². The molecule has 1 aliphatic heterocycles. The second-order valence-corrected chi connectivity index (χ2v) is 5.36. The zero-order chi connectivity index (χ0) is 15.2. The van der Waals surface area contributed by atoms with E-state index in [1.807, 2.05) is 6.92 Å². The average Bonchev–Trinajstić information content (AvgIpc) is 3.00. The normalized spacial score (nSPS) is 14.1. The Kier molecular flexibility index (Phi) is 5.44. The molecule has 0 saturated carbocycles. The predicted octanol–water partition coefficient (Wildman–Crippen LogP) is 2.19. The van der Waals surface area contributed by atoms with E-state index in [9.17, 15) is 9.59 Å². The van der Waals surface area contributed by atoms with Crippen LogP contribution in [0.2, 0.25) is 5.02 Å². The van der Waals surface area contributed by atoms with Crippen molar-refractivity contribution in [3.63, 3.8) is 0 Å². The van der Waals surface area contributed by atoms with E-state index in [1.165, 1.54) is 0 Å². The number of halogens is 1. The highest BCUT2D eigenvalue weighted by Gasteiger charge is 2.19. The van der Waals surface area contributed by atoms with Gasteiger partial charge >= 0.3 is 5.97 Å². The van der Waals surface area contributed by atoms with Crippen molar-refractivity contribution in [2.45, 2.75) is 19.8 Å². The second-order valence-electron chi connectivity index (χ2n) is 4.95. The number of hydrogen-bond donors (Lipinski definition) is 0. The van der Waals surface area contributed by atoms with Gasteiger partial charge in [-0.2, -0.15) is 0 Å². The largest absolute Gasteiger partial charge is 0.482 e. The lowest BCUT2D eigenvalue weighted by Crippen LogP contribution is -2.32. The molecule has 1 amide bonds. The van der Waals surface area contributed by atoms with E-state index in [-0.39, 0.29) is 19.1 Å². The number of esters is 1. The van der Waals surface area contributed by atoms with Crippen molar-refractivity contribution in [2.24, 2.45) is 0 Å². The van der Waals surface area contributed by atoms with Crippen LogP contribution in [0, 0.1) is 6.92 Å². The minimum absolute atomic E-state index is 0.150. The lowest BCUT2D eigenvalue weighted by Gasteiger charge is -2.15. The van der Waals surface area contributed by atoms with Crippen LogP contribution in [0.15, 0.2) is 18.2 Å². The van der Waals surface area contributed by atoms with Gasteiger partial charge in [-0.1, -0.05) is 11.6 Å². The summed E-state index contributed by atoms with van der Waals surface area (Å²) in [5, 5.41) is 0.640. The molecule has 0 spiro atoms. The van der Waals surface area contributed by atoms with Gasteiger partial charge in [0, 0.05) is 18.1 Å². The first-order valence-corrected chi connectivity index (χ1v) is 7.26. The van der Waals surface area contributed by atoms with Crippen LogP contribution in [0.4, 0.5) is 0 Å². The SMILES string of the molecule is Cc1cc(OCC(=O)OCC(=O)N2CCCC2)ccc1Cl. The summed E-state index contributed by atoms with van der Waals surface area (Å²) in [5.41, 5.74) is 0.867. The smallest absolute Gasteiger partial charge is 0.344 e. The summed E-state index contributed by atoms with van der Waals surface area (Å²) in [6.07, 6.45) is 2.03. The minimum Gasteiger partial charge on any atom is -0.482 e. The summed E-state index contributed by atoms with van der Waals surface area (Å²) < 4.78 is 10.2. The molecule has 0 aliphatic carbocycles. The van der Waals surface area contributed by atoms with Crippen molar-refractivity contribution in [2.75, 3.05) is 26.3 Å². The highest BCUT2D eigenvalue weighted by molar-refractivity contribution is 6.31. The molecule has 0 N–H and O–H groups in total. The van der Waals surface area contributed by atoms with Gasteiger partial charge in [0.2, 0.25) is 0 Å². The van der Waals surface area contributed by atoms with E-state index >= 15 is 0 Å². The van der Waals surface area contributed by atoms with Gasteiger partial charge in [-0.15, -0.1) is 0 Å². The third kappa shape index (κ3) is 4.63. The lowest BCUT2D eigenvalue weighted by molar-refractivity contribution is -0.153. The van der Waals surface area contributed by atoms with Crippen LogP contribution in [0.25, 0.3) is 0 Å². The molecule has 114 valence electrons. The highest BCUT2D eigenvalue weighted by Crippen LogP contribution is 2.20. The molecule has 5 nitrogen and oxygen atoms in total. The van der Waals surface area contributed by atoms with E-state index in [0.717, 1.165) is 31.5 Å². The number of carbonyl (C=O) groups is 2. The number of hydrogen-bond acceptors (Lipinski definition) is 4. The minimum atomic E-state index is -0.560. The number of amides is 1. The fraction of sp³-hybridized carbons (Fsp3) is 0.467. The zero-order valence-electron chi connectivity index (χ0n) is 11.9. The fourth-order valence-electron chi connectivity index (χ4n) is 2.09. The molecule has 2 rings (SSSR count). The van der Waals surface area contributed by atoms with Crippen molar-refractivity contribution in [1.29, 1.82) is 0 Å². The van der Waals surface area contributed by atoms with Crippen LogP contribution in [0.5, 0.6) is 5.75 Å².